The molecule has 0 amide bonds. The van der Waals surface area contributed by atoms with Gasteiger partial charge in [-0.2, -0.15) is 0 Å². The molecule has 0 saturated carbocycles. The average Bonchev–Trinajstić information content (AvgIpc) is 2.78. The summed E-state index contributed by atoms with van der Waals surface area (Å²) in [5, 5.41) is 0. The lowest BCUT2D eigenvalue weighted by molar-refractivity contribution is 0.491. The Labute approximate surface area is 190 Å². The van der Waals surface area contributed by atoms with Crippen LogP contribution in [0.3, 0.4) is 0 Å². The Balaban J connectivity index is 1.92. The van der Waals surface area contributed by atoms with E-state index in [0.717, 1.165) is 11.1 Å². The number of nitrogens with two attached hydrogens (primary N) is 8. The lowest BCUT2D eigenvalue weighted by Crippen LogP contribution is -2.04. The molecular formula is C24H26N8O. The van der Waals surface area contributed by atoms with E-state index in [1.165, 1.54) is 0 Å². The van der Waals surface area contributed by atoms with Crippen molar-refractivity contribution < 1.29 is 4.74 Å². The number of rotatable bonds is 4. The van der Waals surface area contributed by atoms with E-state index in [4.69, 9.17) is 50.6 Å². The molecule has 0 aliphatic rings. The van der Waals surface area contributed by atoms with E-state index in [9.17, 15) is 0 Å². The molecule has 0 bridgehead atoms. The fourth-order valence-electron chi connectivity index (χ4n) is 3.49. The van der Waals surface area contributed by atoms with Crippen LogP contribution in [0.1, 0.15) is 0 Å². The van der Waals surface area contributed by atoms with Crippen molar-refractivity contribution in [2.45, 2.75) is 0 Å². The molecule has 0 unspecified atom stereocenters. The zero-order chi connectivity index (χ0) is 23.9. The number of benzene rings is 4. The van der Waals surface area contributed by atoms with Crippen molar-refractivity contribution >= 4 is 45.5 Å². The molecule has 0 fully saturated rings. The van der Waals surface area contributed by atoms with Gasteiger partial charge < -0.3 is 50.6 Å². The molecule has 0 radical (unpaired) electrons. The number of nitrogen functional groups attached to an aromatic ring is 8. The first kappa shape index (κ1) is 21.3. The summed E-state index contributed by atoms with van der Waals surface area (Å²) in [5.41, 5.74) is 54.4. The van der Waals surface area contributed by atoms with Crippen molar-refractivity contribution in [3.8, 4) is 33.8 Å². The van der Waals surface area contributed by atoms with Gasteiger partial charge in [0.05, 0.1) is 45.5 Å². The summed E-state index contributed by atoms with van der Waals surface area (Å²) in [7, 11) is 0. The highest BCUT2D eigenvalue weighted by Gasteiger charge is 2.20. The van der Waals surface area contributed by atoms with Gasteiger partial charge in [0.1, 0.15) is 0 Å². The minimum atomic E-state index is 0.243. The SMILES string of the molecule is Nc1ccc(-c2ccc(N)c(N)c2Oc2c(-c3ccc(N)c(N)c3)ccc(N)c2N)cc1N. The lowest BCUT2D eigenvalue weighted by Gasteiger charge is -2.20. The summed E-state index contributed by atoms with van der Waals surface area (Å²) >= 11 is 0. The highest BCUT2D eigenvalue weighted by molar-refractivity contribution is 5.90. The maximum Gasteiger partial charge on any atom is 0.160 e. The summed E-state index contributed by atoms with van der Waals surface area (Å²) in [4.78, 5) is 0. The minimum absolute atomic E-state index is 0.243. The molecule has 33 heavy (non-hydrogen) atoms. The molecule has 0 heterocycles. The van der Waals surface area contributed by atoms with Gasteiger partial charge >= 0.3 is 0 Å². The predicted octanol–water partition coefficient (Wildman–Crippen LogP) is 3.47. The summed E-state index contributed by atoms with van der Waals surface area (Å²) in [6.07, 6.45) is 0. The van der Waals surface area contributed by atoms with Crippen molar-refractivity contribution in [1.82, 2.24) is 0 Å². The Kier molecular flexibility index (Phi) is 5.15. The quantitative estimate of drug-likeness (QED) is 0.216. The van der Waals surface area contributed by atoms with Crippen LogP contribution < -0.4 is 50.6 Å². The highest BCUT2D eigenvalue weighted by Crippen LogP contribution is 2.47. The molecule has 9 heteroatoms. The van der Waals surface area contributed by atoms with Crippen LogP contribution in [0.2, 0.25) is 0 Å². The zero-order valence-corrected chi connectivity index (χ0v) is 17.8. The van der Waals surface area contributed by atoms with Crippen molar-refractivity contribution in [2.75, 3.05) is 45.9 Å². The summed E-state index contributed by atoms with van der Waals surface area (Å²) in [6.45, 7) is 0. The van der Waals surface area contributed by atoms with E-state index in [1.54, 1.807) is 48.5 Å². The standard InChI is InChI=1S/C24H26N8O/c25-15-5-1-11(9-19(15)29)13-3-7-17(27)21(31)23(13)33-24-14(4-8-18(28)22(24)32)12-2-6-16(26)20(30)10-12/h1-10H,25-32H2. The van der Waals surface area contributed by atoms with Gasteiger partial charge in [0.15, 0.2) is 11.5 Å². The van der Waals surface area contributed by atoms with Crippen LogP contribution >= 0.6 is 0 Å². The van der Waals surface area contributed by atoms with Crippen LogP contribution in [-0.2, 0) is 0 Å². The Bertz CT molecular complexity index is 1280. The fraction of sp³-hybridized carbons (Fsp3) is 0. The molecule has 4 aromatic rings. The zero-order valence-electron chi connectivity index (χ0n) is 17.8. The number of hydrogen-bond donors (Lipinski definition) is 8. The van der Waals surface area contributed by atoms with Gasteiger partial charge in [0.2, 0.25) is 0 Å². The van der Waals surface area contributed by atoms with E-state index in [-0.39, 0.29) is 11.4 Å². The van der Waals surface area contributed by atoms with Gasteiger partial charge in [-0.3, -0.25) is 0 Å². The Morgan fingerprint density at radius 2 is 0.758 bits per heavy atom. The van der Waals surface area contributed by atoms with E-state index in [0.29, 0.717) is 56.8 Å². The average molecular weight is 443 g/mol. The van der Waals surface area contributed by atoms with E-state index < -0.39 is 0 Å². The molecule has 0 aliphatic carbocycles. The van der Waals surface area contributed by atoms with E-state index in [2.05, 4.69) is 0 Å². The summed E-state index contributed by atoms with van der Waals surface area (Å²) in [5.74, 6) is 0.613. The minimum Gasteiger partial charge on any atom is -0.452 e. The second-order valence-corrected chi connectivity index (χ2v) is 7.68. The van der Waals surface area contributed by atoms with Gasteiger partial charge in [-0.1, -0.05) is 12.1 Å². The second-order valence-electron chi connectivity index (χ2n) is 7.68. The van der Waals surface area contributed by atoms with Crippen LogP contribution in [0.4, 0.5) is 45.5 Å². The Hall–Kier alpha value is -4.92. The second kappa shape index (κ2) is 7.97. The maximum absolute atomic E-state index is 6.36. The topological polar surface area (TPSA) is 217 Å². The molecule has 4 rings (SSSR count). The molecule has 9 nitrogen and oxygen atoms in total. The molecule has 4 aromatic carbocycles. The van der Waals surface area contributed by atoms with Crippen molar-refractivity contribution in [3.63, 3.8) is 0 Å². The van der Waals surface area contributed by atoms with Gasteiger partial charge in [-0.25, -0.2) is 0 Å². The van der Waals surface area contributed by atoms with Crippen molar-refractivity contribution in [2.24, 2.45) is 0 Å². The molecule has 0 aromatic heterocycles. The largest absolute Gasteiger partial charge is 0.452 e. The summed E-state index contributed by atoms with van der Waals surface area (Å²) < 4.78 is 6.36. The number of ether oxygens (including phenoxy) is 1. The van der Waals surface area contributed by atoms with Crippen LogP contribution in [0.25, 0.3) is 22.3 Å². The number of anilines is 8. The van der Waals surface area contributed by atoms with Gasteiger partial charge in [0.25, 0.3) is 0 Å². The molecule has 0 spiro atoms. The van der Waals surface area contributed by atoms with Gasteiger partial charge in [0, 0.05) is 11.1 Å². The first-order chi connectivity index (χ1) is 15.7. The van der Waals surface area contributed by atoms with Crippen molar-refractivity contribution in [1.29, 1.82) is 0 Å². The first-order valence-electron chi connectivity index (χ1n) is 10.0. The number of hydrogen-bond acceptors (Lipinski definition) is 9. The van der Waals surface area contributed by atoms with Gasteiger partial charge in [-0.05, 0) is 59.7 Å². The summed E-state index contributed by atoms with van der Waals surface area (Å²) in [6, 6.07) is 17.5. The van der Waals surface area contributed by atoms with Crippen molar-refractivity contribution in [3.05, 3.63) is 60.7 Å². The third kappa shape index (κ3) is 3.79. The molecule has 0 atom stereocenters. The molecule has 0 saturated heterocycles. The monoisotopic (exact) mass is 442 g/mol. The predicted molar refractivity (Wildman–Crippen MR) is 139 cm³/mol. The van der Waals surface area contributed by atoms with Gasteiger partial charge in [-0.15, -0.1) is 0 Å². The fourth-order valence-corrected chi connectivity index (χ4v) is 3.49. The third-order valence-corrected chi connectivity index (χ3v) is 5.46. The van der Waals surface area contributed by atoms with Crippen LogP contribution in [-0.4, -0.2) is 0 Å². The first-order valence-corrected chi connectivity index (χ1v) is 10.0. The van der Waals surface area contributed by atoms with Crippen LogP contribution in [0, 0.1) is 0 Å². The molecule has 168 valence electrons. The smallest absolute Gasteiger partial charge is 0.160 e. The lowest BCUT2D eigenvalue weighted by atomic mass is 10.00. The van der Waals surface area contributed by atoms with E-state index >= 15 is 0 Å². The van der Waals surface area contributed by atoms with Crippen LogP contribution in [0.15, 0.2) is 60.7 Å². The van der Waals surface area contributed by atoms with Crippen LogP contribution in [0.5, 0.6) is 11.5 Å². The molecule has 0 aliphatic heterocycles. The maximum atomic E-state index is 6.36. The Morgan fingerprint density at radius 3 is 1.12 bits per heavy atom. The molecule has 16 N–H and O–H groups in total. The molecular weight excluding hydrogens is 416 g/mol. The normalized spacial score (nSPS) is 10.8. The highest BCUT2D eigenvalue weighted by atomic mass is 16.5. The Morgan fingerprint density at radius 1 is 0.394 bits per heavy atom. The third-order valence-electron chi connectivity index (χ3n) is 5.46. The van der Waals surface area contributed by atoms with E-state index in [1.807, 2.05) is 12.1 Å².